The van der Waals surface area contributed by atoms with Crippen molar-refractivity contribution >= 4 is 28.9 Å². The number of fused-ring (bicyclic) bond motifs is 1. The summed E-state index contributed by atoms with van der Waals surface area (Å²) < 4.78 is 5.00. The minimum absolute atomic E-state index is 0.295. The van der Waals surface area contributed by atoms with E-state index in [0.29, 0.717) is 18.1 Å². The van der Waals surface area contributed by atoms with Gasteiger partial charge >= 0.3 is 5.97 Å². The van der Waals surface area contributed by atoms with Gasteiger partial charge in [-0.3, -0.25) is 0 Å². The molecule has 0 saturated carbocycles. The number of anilines is 2. The van der Waals surface area contributed by atoms with Crippen LogP contribution in [0.1, 0.15) is 20.8 Å². The highest BCUT2D eigenvalue weighted by Gasteiger charge is 2.21. The van der Waals surface area contributed by atoms with Gasteiger partial charge in [-0.1, -0.05) is 6.07 Å². The molecule has 1 aliphatic heterocycles. The fourth-order valence-corrected chi connectivity index (χ4v) is 3.07. The van der Waals surface area contributed by atoms with Crippen molar-refractivity contribution < 1.29 is 9.53 Å². The van der Waals surface area contributed by atoms with Gasteiger partial charge in [0.15, 0.2) is 0 Å². The van der Waals surface area contributed by atoms with Crippen LogP contribution in [0.15, 0.2) is 36.7 Å². The van der Waals surface area contributed by atoms with Crippen molar-refractivity contribution in [3.8, 4) is 10.7 Å². The Morgan fingerprint density at radius 2 is 2.17 bits per heavy atom. The van der Waals surface area contributed by atoms with Crippen LogP contribution in [0.3, 0.4) is 0 Å². The van der Waals surface area contributed by atoms with Crippen LogP contribution in [-0.4, -0.2) is 20.9 Å². The Hall–Kier alpha value is -2.80. The number of ether oxygens (including phenoxy) is 1. The molecule has 0 radical (unpaired) electrons. The largest absolute Gasteiger partial charge is 0.457 e. The number of nitrogens with zero attached hydrogens (tertiary/aromatic N) is 3. The molecule has 0 saturated heterocycles. The number of aryl methyl sites for hydroxylation is 1. The van der Waals surface area contributed by atoms with Gasteiger partial charge in [0.05, 0.1) is 5.56 Å². The predicted molar refractivity (Wildman–Crippen MR) is 86.7 cm³/mol. The monoisotopic (exact) mass is 324 g/mol. The van der Waals surface area contributed by atoms with Gasteiger partial charge in [0, 0.05) is 28.5 Å². The van der Waals surface area contributed by atoms with Gasteiger partial charge in [-0.25, -0.2) is 19.7 Å². The molecule has 4 rings (SSSR count). The van der Waals surface area contributed by atoms with E-state index in [2.05, 4.69) is 20.3 Å². The van der Waals surface area contributed by atoms with Crippen LogP contribution < -0.4 is 5.32 Å². The highest BCUT2D eigenvalue weighted by Crippen LogP contribution is 2.26. The van der Waals surface area contributed by atoms with Crippen LogP contribution in [-0.2, 0) is 11.3 Å². The van der Waals surface area contributed by atoms with Gasteiger partial charge in [-0.15, -0.1) is 11.3 Å². The first-order chi connectivity index (χ1) is 11.2. The molecule has 7 heteroatoms. The van der Waals surface area contributed by atoms with E-state index in [0.717, 1.165) is 26.8 Å². The van der Waals surface area contributed by atoms with E-state index in [-0.39, 0.29) is 5.97 Å². The van der Waals surface area contributed by atoms with Crippen LogP contribution in [0.4, 0.5) is 11.6 Å². The topological polar surface area (TPSA) is 77.0 Å². The Morgan fingerprint density at radius 1 is 1.26 bits per heavy atom. The zero-order valence-corrected chi connectivity index (χ0v) is 13.1. The molecule has 0 bridgehead atoms. The maximum Gasteiger partial charge on any atom is 0.338 e. The van der Waals surface area contributed by atoms with Crippen molar-refractivity contribution in [2.24, 2.45) is 0 Å². The predicted octanol–water partition coefficient (Wildman–Crippen LogP) is 3.32. The van der Waals surface area contributed by atoms with E-state index in [1.54, 1.807) is 23.6 Å². The first kappa shape index (κ1) is 13.8. The fourth-order valence-electron chi connectivity index (χ4n) is 2.33. The fraction of sp³-hybridized carbons (Fsp3) is 0.125. The van der Waals surface area contributed by atoms with E-state index < -0.39 is 0 Å². The smallest absolute Gasteiger partial charge is 0.338 e. The third-order valence-electron chi connectivity index (χ3n) is 3.44. The summed E-state index contributed by atoms with van der Waals surface area (Å²) in [6.07, 6.45) is 3.50. The number of cyclic esters (lactones) is 1. The molecule has 0 atom stereocenters. The van der Waals surface area contributed by atoms with Crippen molar-refractivity contribution in [2.45, 2.75) is 13.5 Å². The lowest BCUT2D eigenvalue weighted by Gasteiger charge is -2.06. The molecular formula is C16H12N4O2S. The Labute approximate surface area is 136 Å². The lowest BCUT2D eigenvalue weighted by atomic mass is 10.1. The van der Waals surface area contributed by atoms with E-state index in [1.807, 2.05) is 31.3 Å². The number of hydrogen-bond acceptors (Lipinski definition) is 7. The Kier molecular flexibility index (Phi) is 3.27. The molecule has 6 nitrogen and oxygen atoms in total. The molecule has 3 aromatic rings. The second kappa shape index (κ2) is 5.44. The van der Waals surface area contributed by atoms with Crippen LogP contribution >= 0.6 is 11.3 Å². The molecule has 1 aliphatic rings. The van der Waals surface area contributed by atoms with E-state index in [4.69, 9.17) is 4.74 Å². The Morgan fingerprint density at radius 3 is 3.00 bits per heavy atom. The normalized spacial score (nSPS) is 12.8. The molecule has 114 valence electrons. The summed E-state index contributed by atoms with van der Waals surface area (Å²) in [4.78, 5) is 25.8. The number of thiazole rings is 1. The van der Waals surface area contributed by atoms with Gasteiger partial charge in [0.1, 0.15) is 17.3 Å². The van der Waals surface area contributed by atoms with Gasteiger partial charge in [-0.2, -0.15) is 0 Å². The molecule has 23 heavy (non-hydrogen) atoms. The van der Waals surface area contributed by atoms with Gasteiger partial charge in [0.2, 0.25) is 5.95 Å². The molecule has 0 fully saturated rings. The number of hydrogen-bond donors (Lipinski definition) is 1. The Bertz CT molecular complexity index is 907. The summed E-state index contributed by atoms with van der Waals surface area (Å²) in [5, 5.41) is 3.97. The molecule has 2 aromatic heterocycles. The standard InChI is InChI=1S/C16H12N4O2S/c1-9-7-18-14(23-9)13-4-5-17-16(20-13)19-11-3-2-10-8-22-15(21)12(10)6-11/h2-7H,8H2,1H3,(H,17,19,20). The van der Waals surface area contributed by atoms with Crippen LogP contribution in [0.2, 0.25) is 0 Å². The minimum atomic E-state index is -0.295. The number of carbonyl (C=O) groups is 1. The molecule has 0 spiro atoms. The summed E-state index contributed by atoms with van der Waals surface area (Å²) in [7, 11) is 0. The van der Waals surface area contributed by atoms with Crippen molar-refractivity contribution in [1.29, 1.82) is 0 Å². The average molecular weight is 324 g/mol. The van der Waals surface area contributed by atoms with Gasteiger partial charge in [-0.05, 0) is 25.1 Å². The Balaban J connectivity index is 1.62. The molecule has 0 aliphatic carbocycles. The zero-order chi connectivity index (χ0) is 15.8. The van der Waals surface area contributed by atoms with Gasteiger partial charge < -0.3 is 10.1 Å². The maximum atomic E-state index is 11.6. The van der Waals surface area contributed by atoms with E-state index in [1.165, 1.54) is 0 Å². The molecule has 0 amide bonds. The number of rotatable bonds is 3. The number of benzene rings is 1. The second-order valence-corrected chi connectivity index (χ2v) is 6.35. The number of esters is 1. The van der Waals surface area contributed by atoms with Crippen LogP contribution in [0, 0.1) is 6.92 Å². The number of aromatic nitrogens is 3. The van der Waals surface area contributed by atoms with Crippen molar-refractivity contribution in [1.82, 2.24) is 15.0 Å². The molecule has 1 aromatic carbocycles. The lowest BCUT2D eigenvalue weighted by Crippen LogP contribution is -2.00. The molecule has 0 unspecified atom stereocenters. The van der Waals surface area contributed by atoms with Crippen LogP contribution in [0.25, 0.3) is 10.7 Å². The van der Waals surface area contributed by atoms with Crippen LogP contribution in [0.5, 0.6) is 0 Å². The number of carbonyl (C=O) groups excluding carboxylic acids is 1. The highest BCUT2D eigenvalue weighted by atomic mass is 32.1. The summed E-state index contributed by atoms with van der Waals surface area (Å²) in [6.45, 7) is 2.34. The SMILES string of the molecule is Cc1cnc(-c2ccnc(Nc3ccc4c(c3)C(=O)OC4)n2)s1. The third kappa shape index (κ3) is 2.66. The summed E-state index contributed by atoms with van der Waals surface area (Å²) in [6, 6.07) is 7.33. The molecule has 3 heterocycles. The average Bonchev–Trinajstić information content (AvgIpc) is 3.15. The third-order valence-corrected chi connectivity index (χ3v) is 4.38. The summed E-state index contributed by atoms with van der Waals surface area (Å²) >= 11 is 1.58. The summed E-state index contributed by atoms with van der Waals surface area (Å²) in [5.41, 5.74) is 2.99. The van der Waals surface area contributed by atoms with E-state index in [9.17, 15) is 4.79 Å². The second-order valence-electron chi connectivity index (χ2n) is 5.11. The molecular weight excluding hydrogens is 312 g/mol. The van der Waals surface area contributed by atoms with Crippen molar-refractivity contribution in [2.75, 3.05) is 5.32 Å². The lowest BCUT2D eigenvalue weighted by molar-refractivity contribution is 0.0535. The molecule has 1 N–H and O–H groups in total. The zero-order valence-electron chi connectivity index (χ0n) is 12.2. The number of nitrogens with one attached hydrogen (secondary N) is 1. The first-order valence-electron chi connectivity index (χ1n) is 7.02. The van der Waals surface area contributed by atoms with Crippen molar-refractivity contribution in [3.63, 3.8) is 0 Å². The van der Waals surface area contributed by atoms with E-state index >= 15 is 0 Å². The maximum absolute atomic E-state index is 11.6. The van der Waals surface area contributed by atoms with Crippen molar-refractivity contribution in [3.05, 3.63) is 52.7 Å². The quantitative estimate of drug-likeness (QED) is 0.745. The summed E-state index contributed by atoms with van der Waals surface area (Å²) in [5.74, 6) is 0.165. The first-order valence-corrected chi connectivity index (χ1v) is 7.83. The van der Waals surface area contributed by atoms with Gasteiger partial charge in [0.25, 0.3) is 0 Å². The minimum Gasteiger partial charge on any atom is -0.457 e. The highest BCUT2D eigenvalue weighted by molar-refractivity contribution is 7.14.